The maximum absolute atomic E-state index is 13.3. The maximum Gasteiger partial charge on any atom is 0.123 e. The van der Waals surface area contributed by atoms with E-state index in [1.54, 1.807) is 12.1 Å². The van der Waals surface area contributed by atoms with E-state index < -0.39 is 0 Å². The average Bonchev–Trinajstić information content (AvgIpc) is 2.48. The normalized spacial score (nSPS) is 12.5. The highest BCUT2D eigenvalue weighted by Crippen LogP contribution is 2.35. The van der Waals surface area contributed by atoms with Crippen molar-refractivity contribution in [1.82, 2.24) is 0 Å². The molecule has 0 radical (unpaired) electrons. The Hall–Kier alpha value is -1.38. The van der Waals surface area contributed by atoms with Crippen molar-refractivity contribution in [2.24, 2.45) is 0 Å². The Morgan fingerprint density at radius 1 is 0.952 bits per heavy atom. The summed E-state index contributed by atoms with van der Waals surface area (Å²) in [4.78, 5) is 0.112. The minimum Gasteiger partial charge on any atom is -0.207 e. The molecule has 0 aliphatic heterocycles. The molecule has 3 rings (SSSR count). The Balaban J connectivity index is 1.98. The zero-order valence-electron chi connectivity index (χ0n) is 11.2. The molecule has 0 bridgehead atoms. The van der Waals surface area contributed by atoms with Crippen LogP contribution in [0.4, 0.5) is 4.39 Å². The van der Waals surface area contributed by atoms with Crippen LogP contribution in [0.1, 0.15) is 16.0 Å². The van der Waals surface area contributed by atoms with Crippen LogP contribution in [0.15, 0.2) is 60.7 Å². The highest BCUT2D eigenvalue weighted by molar-refractivity contribution is 9.09. The Labute approximate surface area is 136 Å². The van der Waals surface area contributed by atoms with Crippen molar-refractivity contribution in [3.05, 3.63) is 82.6 Å². The SMILES string of the molecule is Fc1cccc(CC(Br)c2ccc(Cl)c3ccccc23)c1. The zero-order chi connectivity index (χ0) is 14.8. The molecule has 1 unspecified atom stereocenters. The third-order valence-corrected chi connectivity index (χ3v) is 4.69. The lowest BCUT2D eigenvalue weighted by Crippen LogP contribution is -1.97. The van der Waals surface area contributed by atoms with E-state index in [4.69, 9.17) is 11.6 Å². The number of alkyl halides is 1. The molecule has 0 heterocycles. The average molecular weight is 364 g/mol. The van der Waals surface area contributed by atoms with Gasteiger partial charge in [0.05, 0.1) is 0 Å². The summed E-state index contributed by atoms with van der Waals surface area (Å²) in [5.74, 6) is -0.201. The summed E-state index contributed by atoms with van der Waals surface area (Å²) in [5.41, 5.74) is 2.13. The van der Waals surface area contributed by atoms with Crippen molar-refractivity contribution in [3.63, 3.8) is 0 Å². The number of halogens is 3. The van der Waals surface area contributed by atoms with E-state index in [-0.39, 0.29) is 10.6 Å². The van der Waals surface area contributed by atoms with Gasteiger partial charge in [0.15, 0.2) is 0 Å². The molecule has 3 aromatic rings. The van der Waals surface area contributed by atoms with Crippen LogP contribution in [-0.2, 0) is 6.42 Å². The van der Waals surface area contributed by atoms with Crippen molar-refractivity contribution in [2.75, 3.05) is 0 Å². The summed E-state index contributed by atoms with van der Waals surface area (Å²) in [6.45, 7) is 0. The lowest BCUT2D eigenvalue weighted by Gasteiger charge is -2.14. The van der Waals surface area contributed by atoms with Crippen molar-refractivity contribution in [3.8, 4) is 0 Å². The van der Waals surface area contributed by atoms with Crippen LogP contribution in [0.5, 0.6) is 0 Å². The van der Waals surface area contributed by atoms with Crippen LogP contribution >= 0.6 is 27.5 Å². The van der Waals surface area contributed by atoms with Gasteiger partial charge >= 0.3 is 0 Å². The molecule has 3 aromatic carbocycles. The van der Waals surface area contributed by atoms with Gasteiger partial charge < -0.3 is 0 Å². The maximum atomic E-state index is 13.3. The van der Waals surface area contributed by atoms with Gasteiger partial charge in [-0.25, -0.2) is 4.39 Å². The first-order valence-corrected chi connectivity index (χ1v) is 8.00. The second kappa shape index (κ2) is 6.17. The van der Waals surface area contributed by atoms with Crippen LogP contribution < -0.4 is 0 Å². The molecule has 0 amide bonds. The summed E-state index contributed by atoms with van der Waals surface area (Å²) in [6, 6.07) is 18.7. The highest BCUT2D eigenvalue weighted by atomic mass is 79.9. The number of fused-ring (bicyclic) bond motifs is 1. The Kier molecular flexibility index (Phi) is 4.27. The third kappa shape index (κ3) is 3.12. The Morgan fingerprint density at radius 2 is 1.71 bits per heavy atom. The lowest BCUT2D eigenvalue weighted by molar-refractivity contribution is 0.625. The molecule has 0 aliphatic rings. The zero-order valence-corrected chi connectivity index (χ0v) is 13.5. The van der Waals surface area contributed by atoms with Gasteiger partial charge in [-0.15, -0.1) is 0 Å². The van der Waals surface area contributed by atoms with E-state index in [0.717, 1.165) is 27.8 Å². The summed E-state index contributed by atoms with van der Waals surface area (Å²) in [7, 11) is 0. The van der Waals surface area contributed by atoms with Gasteiger partial charge in [-0.1, -0.05) is 70.0 Å². The van der Waals surface area contributed by atoms with Crippen LogP contribution in [0.25, 0.3) is 10.8 Å². The molecule has 0 N–H and O–H groups in total. The van der Waals surface area contributed by atoms with E-state index in [0.29, 0.717) is 0 Å². The minimum absolute atomic E-state index is 0.112. The topological polar surface area (TPSA) is 0 Å². The summed E-state index contributed by atoms with van der Waals surface area (Å²) >= 11 is 9.98. The Bertz CT molecular complexity index is 785. The van der Waals surface area contributed by atoms with Crippen molar-refractivity contribution >= 4 is 38.3 Å². The first kappa shape index (κ1) is 14.6. The second-order valence-electron chi connectivity index (χ2n) is 4.98. The van der Waals surface area contributed by atoms with Gasteiger partial charge in [-0.2, -0.15) is 0 Å². The molecule has 0 aromatic heterocycles. The van der Waals surface area contributed by atoms with Gasteiger partial charge in [0.2, 0.25) is 0 Å². The molecular weight excluding hydrogens is 351 g/mol. The predicted molar refractivity (Wildman–Crippen MR) is 90.7 cm³/mol. The lowest BCUT2D eigenvalue weighted by atomic mass is 9.98. The molecule has 0 saturated heterocycles. The quantitative estimate of drug-likeness (QED) is 0.478. The van der Waals surface area contributed by atoms with E-state index in [9.17, 15) is 4.39 Å². The molecule has 21 heavy (non-hydrogen) atoms. The van der Waals surface area contributed by atoms with Crippen LogP contribution in [0, 0.1) is 5.82 Å². The minimum atomic E-state index is -0.201. The summed E-state index contributed by atoms with van der Waals surface area (Å²) in [5, 5.41) is 2.92. The summed E-state index contributed by atoms with van der Waals surface area (Å²) in [6.07, 6.45) is 0.726. The first-order valence-electron chi connectivity index (χ1n) is 6.71. The van der Waals surface area contributed by atoms with E-state index >= 15 is 0 Å². The molecule has 0 aliphatic carbocycles. The van der Waals surface area contributed by atoms with Crippen LogP contribution in [-0.4, -0.2) is 0 Å². The third-order valence-electron chi connectivity index (χ3n) is 3.55. The van der Waals surface area contributed by atoms with Crippen molar-refractivity contribution < 1.29 is 4.39 Å². The molecule has 0 nitrogen and oxygen atoms in total. The fourth-order valence-electron chi connectivity index (χ4n) is 2.54. The Morgan fingerprint density at radius 3 is 2.48 bits per heavy atom. The fourth-order valence-corrected chi connectivity index (χ4v) is 3.54. The molecule has 0 fully saturated rings. The standard InChI is InChI=1S/C18H13BrClF/c19-17(11-12-4-3-5-13(21)10-12)15-8-9-18(20)16-7-2-1-6-14(15)16/h1-10,17H,11H2. The van der Waals surface area contributed by atoms with E-state index in [1.807, 2.05) is 36.4 Å². The van der Waals surface area contributed by atoms with Gasteiger partial charge in [-0.3, -0.25) is 0 Å². The largest absolute Gasteiger partial charge is 0.207 e. The van der Waals surface area contributed by atoms with Gasteiger partial charge in [0.1, 0.15) is 5.82 Å². The molecule has 1 atom stereocenters. The van der Waals surface area contributed by atoms with Gasteiger partial charge in [-0.05, 0) is 41.1 Å². The van der Waals surface area contributed by atoms with Crippen LogP contribution in [0.3, 0.4) is 0 Å². The smallest absolute Gasteiger partial charge is 0.123 e. The molecule has 0 spiro atoms. The molecule has 3 heteroatoms. The molecule has 106 valence electrons. The van der Waals surface area contributed by atoms with Crippen LogP contribution in [0.2, 0.25) is 5.02 Å². The predicted octanol–water partition coefficient (Wildman–Crippen LogP) is 6.31. The van der Waals surface area contributed by atoms with E-state index in [2.05, 4.69) is 22.0 Å². The van der Waals surface area contributed by atoms with Crippen molar-refractivity contribution in [2.45, 2.75) is 11.2 Å². The van der Waals surface area contributed by atoms with Gasteiger partial charge in [0.25, 0.3) is 0 Å². The molecular formula is C18H13BrClF. The highest BCUT2D eigenvalue weighted by Gasteiger charge is 2.13. The second-order valence-corrected chi connectivity index (χ2v) is 6.50. The number of hydrogen-bond donors (Lipinski definition) is 0. The fraction of sp³-hybridized carbons (Fsp3) is 0.111. The number of rotatable bonds is 3. The first-order chi connectivity index (χ1) is 10.1. The monoisotopic (exact) mass is 362 g/mol. The number of hydrogen-bond acceptors (Lipinski definition) is 0. The number of benzene rings is 3. The van der Waals surface area contributed by atoms with Crippen molar-refractivity contribution in [1.29, 1.82) is 0 Å². The summed E-state index contributed by atoms with van der Waals surface area (Å²) < 4.78 is 13.3. The van der Waals surface area contributed by atoms with E-state index in [1.165, 1.54) is 11.6 Å². The van der Waals surface area contributed by atoms with Gasteiger partial charge in [0, 0.05) is 15.2 Å². The molecule has 0 saturated carbocycles.